The maximum atomic E-state index is 12.5. The van der Waals surface area contributed by atoms with Crippen LogP contribution in [0.2, 0.25) is 0 Å². The van der Waals surface area contributed by atoms with Crippen LogP contribution in [-0.4, -0.2) is 35.3 Å². The Bertz CT molecular complexity index is 532. The van der Waals surface area contributed by atoms with Crippen LogP contribution in [-0.2, 0) is 19.1 Å². The predicted molar refractivity (Wildman–Crippen MR) is 88.8 cm³/mol. The second-order valence-electron chi connectivity index (χ2n) is 7.53. The zero-order valence-electron chi connectivity index (χ0n) is 14.6. The molecule has 0 N–H and O–H groups in total. The monoisotopic (exact) mass is 333 g/mol. The van der Waals surface area contributed by atoms with Gasteiger partial charge in [-0.15, -0.1) is 0 Å². The molecule has 2 amide bonds. The van der Waals surface area contributed by atoms with Gasteiger partial charge in [0.25, 0.3) is 0 Å². The first kappa shape index (κ1) is 17.2. The van der Waals surface area contributed by atoms with E-state index < -0.39 is 12.0 Å². The van der Waals surface area contributed by atoms with Crippen LogP contribution in [0.3, 0.4) is 0 Å². The number of carbonyl (C=O) groups is 3. The Morgan fingerprint density at radius 3 is 2.33 bits per heavy atom. The summed E-state index contributed by atoms with van der Waals surface area (Å²) in [7, 11) is 0. The first-order valence-electron chi connectivity index (χ1n) is 9.19. The smallest absolute Gasteiger partial charge is 0.329 e. The molecule has 0 radical (unpaired) electrons. The van der Waals surface area contributed by atoms with Gasteiger partial charge < -0.3 is 4.74 Å². The molecule has 24 heavy (non-hydrogen) atoms. The first-order valence-corrected chi connectivity index (χ1v) is 9.19. The van der Waals surface area contributed by atoms with Gasteiger partial charge in [-0.25, -0.2) is 4.79 Å². The lowest BCUT2D eigenvalue weighted by Crippen LogP contribution is -2.44. The SMILES string of the molecule is C[C@@H]1CC=CC[C@@H]1COC(=O)[C@@H](C)N1C(=O)[C@H]2CCCC[C@H]2C1=O. The topological polar surface area (TPSA) is 63.7 Å². The number of carbonyl (C=O) groups excluding carboxylic acids is 3. The summed E-state index contributed by atoms with van der Waals surface area (Å²) in [5.74, 6) is -0.451. The van der Waals surface area contributed by atoms with Gasteiger partial charge in [0, 0.05) is 0 Å². The maximum Gasteiger partial charge on any atom is 0.329 e. The molecule has 5 nitrogen and oxygen atoms in total. The van der Waals surface area contributed by atoms with E-state index in [0.29, 0.717) is 18.4 Å². The highest BCUT2D eigenvalue weighted by molar-refractivity contribution is 6.07. The van der Waals surface area contributed by atoms with E-state index in [9.17, 15) is 14.4 Å². The van der Waals surface area contributed by atoms with Gasteiger partial charge in [0.05, 0.1) is 18.4 Å². The second-order valence-corrected chi connectivity index (χ2v) is 7.53. The van der Waals surface area contributed by atoms with Gasteiger partial charge in [-0.05, 0) is 44.4 Å². The molecule has 0 aromatic carbocycles. The number of nitrogens with zero attached hydrogens (tertiary/aromatic N) is 1. The number of rotatable bonds is 4. The maximum absolute atomic E-state index is 12.5. The van der Waals surface area contributed by atoms with E-state index in [1.54, 1.807) is 6.92 Å². The molecule has 0 aromatic heterocycles. The number of imide groups is 1. The molecule has 1 heterocycles. The summed E-state index contributed by atoms with van der Waals surface area (Å²) < 4.78 is 5.46. The van der Waals surface area contributed by atoms with Crippen LogP contribution < -0.4 is 0 Å². The van der Waals surface area contributed by atoms with E-state index in [4.69, 9.17) is 4.74 Å². The molecule has 3 aliphatic rings. The van der Waals surface area contributed by atoms with Crippen molar-refractivity contribution in [2.45, 2.75) is 58.4 Å². The minimum absolute atomic E-state index is 0.178. The molecule has 0 unspecified atom stereocenters. The fourth-order valence-corrected chi connectivity index (χ4v) is 4.22. The summed E-state index contributed by atoms with van der Waals surface area (Å²) in [6.07, 6.45) is 9.70. The van der Waals surface area contributed by atoms with E-state index in [0.717, 1.165) is 38.5 Å². The van der Waals surface area contributed by atoms with Crippen molar-refractivity contribution in [1.29, 1.82) is 0 Å². The molecule has 5 heteroatoms. The number of allylic oxidation sites excluding steroid dienone is 2. The van der Waals surface area contributed by atoms with Crippen LogP contribution >= 0.6 is 0 Å². The zero-order valence-corrected chi connectivity index (χ0v) is 14.6. The molecule has 132 valence electrons. The molecule has 0 aromatic rings. The average molecular weight is 333 g/mol. The van der Waals surface area contributed by atoms with Crippen molar-refractivity contribution in [2.24, 2.45) is 23.7 Å². The van der Waals surface area contributed by atoms with Crippen molar-refractivity contribution in [3.8, 4) is 0 Å². The molecule has 0 spiro atoms. The summed E-state index contributed by atoms with van der Waals surface area (Å²) in [4.78, 5) is 38.6. The normalized spacial score (nSPS) is 34.2. The number of fused-ring (bicyclic) bond motifs is 1. The largest absolute Gasteiger partial charge is 0.464 e. The highest BCUT2D eigenvalue weighted by Gasteiger charge is 2.51. The lowest BCUT2D eigenvalue weighted by molar-refractivity contribution is -0.159. The van der Waals surface area contributed by atoms with Gasteiger partial charge >= 0.3 is 5.97 Å². The Hall–Kier alpha value is -1.65. The number of esters is 1. The van der Waals surface area contributed by atoms with Crippen molar-refractivity contribution in [1.82, 2.24) is 4.90 Å². The third-order valence-corrected chi connectivity index (χ3v) is 5.96. The Balaban J connectivity index is 1.60. The van der Waals surface area contributed by atoms with Crippen molar-refractivity contribution in [3.05, 3.63) is 12.2 Å². The fourth-order valence-electron chi connectivity index (χ4n) is 4.22. The minimum atomic E-state index is -0.815. The molecule has 1 aliphatic heterocycles. The third kappa shape index (κ3) is 3.13. The Labute approximate surface area is 143 Å². The predicted octanol–water partition coefficient (Wildman–Crippen LogP) is 2.70. The van der Waals surface area contributed by atoms with Crippen molar-refractivity contribution >= 4 is 17.8 Å². The van der Waals surface area contributed by atoms with E-state index in [1.165, 1.54) is 4.90 Å². The Morgan fingerprint density at radius 2 is 1.75 bits per heavy atom. The molecule has 2 fully saturated rings. The summed E-state index contributed by atoms with van der Waals surface area (Å²) in [6.45, 7) is 4.13. The van der Waals surface area contributed by atoms with Gasteiger partial charge in [0.15, 0.2) is 0 Å². The van der Waals surface area contributed by atoms with Crippen LogP contribution in [0, 0.1) is 23.7 Å². The van der Waals surface area contributed by atoms with E-state index in [2.05, 4.69) is 19.1 Å². The summed E-state index contributed by atoms with van der Waals surface area (Å²) in [6, 6.07) is -0.815. The van der Waals surface area contributed by atoms with Crippen LogP contribution in [0.15, 0.2) is 12.2 Å². The summed E-state index contributed by atoms with van der Waals surface area (Å²) in [5.41, 5.74) is 0. The Kier molecular flexibility index (Phi) is 5.07. The molecule has 3 rings (SSSR count). The molecule has 1 saturated carbocycles. The lowest BCUT2D eigenvalue weighted by atomic mass is 9.81. The van der Waals surface area contributed by atoms with Crippen LogP contribution in [0.25, 0.3) is 0 Å². The summed E-state index contributed by atoms with van der Waals surface area (Å²) in [5, 5.41) is 0. The molecule has 0 bridgehead atoms. The zero-order chi connectivity index (χ0) is 17.3. The van der Waals surface area contributed by atoms with E-state index in [-0.39, 0.29) is 23.7 Å². The number of amides is 2. The van der Waals surface area contributed by atoms with Crippen LogP contribution in [0.1, 0.15) is 52.4 Å². The van der Waals surface area contributed by atoms with Crippen molar-refractivity contribution in [3.63, 3.8) is 0 Å². The van der Waals surface area contributed by atoms with Crippen LogP contribution in [0.4, 0.5) is 0 Å². The number of hydrogen-bond acceptors (Lipinski definition) is 4. The average Bonchev–Trinajstić information content (AvgIpc) is 2.85. The highest BCUT2D eigenvalue weighted by Crippen LogP contribution is 2.39. The molecular formula is C19H27NO4. The highest BCUT2D eigenvalue weighted by atomic mass is 16.5. The van der Waals surface area contributed by atoms with Gasteiger partial charge in [0.2, 0.25) is 11.8 Å². The first-order chi connectivity index (χ1) is 11.5. The van der Waals surface area contributed by atoms with E-state index in [1.807, 2.05) is 0 Å². The number of ether oxygens (including phenoxy) is 1. The molecule has 2 aliphatic carbocycles. The molecule has 5 atom stereocenters. The third-order valence-electron chi connectivity index (χ3n) is 5.96. The van der Waals surface area contributed by atoms with Gasteiger partial charge in [-0.1, -0.05) is 31.9 Å². The van der Waals surface area contributed by atoms with Gasteiger partial charge in [0.1, 0.15) is 6.04 Å². The summed E-state index contributed by atoms with van der Waals surface area (Å²) >= 11 is 0. The molecular weight excluding hydrogens is 306 g/mol. The fraction of sp³-hybridized carbons (Fsp3) is 0.737. The van der Waals surface area contributed by atoms with E-state index >= 15 is 0 Å². The molecule has 1 saturated heterocycles. The van der Waals surface area contributed by atoms with Crippen molar-refractivity contribution in [2.75, 3.05) is 6.61 Å². The minimum Gasteiger partial charge on any atom is -0.464 e. The lowest BCUT2D eigenvalue weighted by Gasteiger charge is -2.27. The van der Waals surface area contributed by atoms with Gasteiger partial charge in [-0.2, -0.15) is 0 Å². The number of likely N-dealkylation sites (tertiary alicyclic amines) is 1. The second kappa shape index (κ2) is 7.08. The standard InChI is InChI=1S/C19H27NO4/c1-12-7-3-4-8-14(12)11-24-19(23)13(2)20-17(21)15-9-5-6-10-16(15)18(20)22/h3-4,12-16H,5-11H2,1-2H3/t12-,13-,14-,15-,16+/m1/s1. The number of hydrogen-bond donors (Lipinski definition) is 0. The quantitative estimate of drug-likeness (QED) is 0.451. The van der Waals surface area contributed by atoms with Crippen molar-refractivity contribution < 1.29 is 19.1 Å². The Morgan fingerprint density at radius 1 is 1.17 bits per heavy atom. The van der Waals surface area contributed by atoms with Gasteiger partial charge in [-0.3, -0.25) is 14.5 Å². The van der Waals surface area contributed by atoms with Crippen LogP contribution in [0.5, 0.6) is 0 Å².